The average Bonchev–Trinajstić information content (AvgIpc) is 2.83. The molecule has 21 heavy (non-hydrogen) atoms. The third-order valence-corrected chi connectivity index (χ3v) is 4.33. The molecule has 0 aliphatic carbocycles. The number of nitrogens with one attached hydrogen (secondary N) is 1. The fourth-order valence-corrected chi connectivity index (χ4v) is 3.53. The Morgan fingerprint density at radius 3 is 2.90 bits per heavy atom. The van der Waals surface area contributed by atoms with Gasteiger partial charge in [0.25, 0.3) is 0 Å². The quantitative estimate of drug-likeness (QED) is 0.777. The van der Waals surface area contributed by atoms with Crippen LogP contribution in [0.1, 0.15) is 25.3 Å². The van der Waals surface area contributed by atoms with Crippen LogP contribution in [-0.2, 0) is 11.2 Å². The highest BCUT2D eigenvalue weighted by Crippen LogP contribution is 2.33. The van der Waals surface area contributed by atoms with Gasteiger partial charge in [-0.1, -0.05) is 6.92 Å². The number of carbonyl (C=O) groups is 1. The van der Waals surface area contributed by atoms with Crippen LogP contribution in [0.25, 0.3) is 21.1 Å². The molecule has 3 aromatic rings. The van der Waals surface area contributed by atoms with E-state index in [0.29, 0.717) is 5.82 Å². The Hall–Kier alpha value is -2.21. The normalized spacial score (nSPS) is 11.1. The maximum absolute atomic E-state index is 11.1. The number of fused-ring (bicyclic) bond motifs is 3. The third kappa shape index (κ3) is 2.54. The van der Waals surface area contributed by atoms with Crippen LogP contribution in [0.3, 0.4) is 0 Å². The van der Waals surface area contributed by atoms with Gasteiger partial charge >= 0.3 is 0 Å². The van der Waals surface area contributed by atoms with Crippen molar-refractivity contribution in [2.75, 3.05) is 11.1 Å². The Morgan fingerprint density at radius 2 is 2.19 bits per heavy atom. The molecular formula is C15H16N4OS. The second-order valence-corrected chi connectivity index (χ2v) is 6.03. The Morgan fingerprint density at radius 1 is 1.38 bits per heavy atom. The topological polar surface area (TPSA) is 80.9 Å². The van der Waals surface area contributed by atoms with Gasteiger partial charge in [0.1, 0.15) is 5.52 Å². The molecule has 0 unspecified atom stereocenters. The van der Waals surface area contributed by atoms with E-state index in [-0.39, 0.29) is 5.91 Å². The number of nitrogens with zero attached hydrogens (tertiary/aromatic N) is 2. The first kappa shape index (κ1) is 13.8. The van der Waals surface area contributed by atoms with Crippen molar-refractivity contribution in [2.45, 2.75) is 26.7 Å². The number of amides is 1. The molecule has 3 rings (SSSR count). The molecule has 2 aromatic heterocycles. The van der Waals surface area contributed by atoms with Crippen molar-refractivity contribution in [3.63, 3.8) is 0 Å². The van der Waals surface area contributed by atoms with E-state index < -0.39 is 0 Å². The van der Waals surface area contributed by atoms with Crippen LogP contribution in [0.5, 0.6) is 0 Å². The van der Waals surface area contributed by atoms with Crippen LogP contribution in [0.15, 0.2) is 18.2 Å². The van der Waals surface area contributed by atoms with Gasteiger partial charge in [-0.3, -0.25) is 4.79 Å². The summed E-state index contributed by atoms with van der Waals surface area (Å²) < 4.78 is 1.07. The van der Waals surface area contributed by atoms with E-state index in [1.807, 2.05) is 18.2 Å². The predicted octanol–water partition coefficient (Wildman–Crippen LogP) is 3.34. The van der Waals surface area contributed by atoms with E-state index in [1.165, 1.54) is 6.92 Å². The van der Waals surface area contributed by atoms with Gasteiger partial charge in [-0.2, -0.15) is 0 Å². The summed E-state index contributed by atoms with van der Waals surface area (Å²) >= 11 is 1.67. The first-order valence-electron chi connectivity index (χ1n) is 6.84. The summed E-state index contributed by atoms with van der Waals surface area (Å²) in [6.07, 6.45) is 2.00. The number of aromatic nitrogens is 2. The molecule has 5 nitrogen and oxygen atoms in total. The van der Waals surface area contributed by atoms with Gasteiger partial charge in [0.05, 0.1) is 15.2 Å². The lowest BCUT2D eigenvalue weighted by Crippen LogP contribution is -2.05. The van der Waals surface area contributed by atoms with Crippen molar-refractivity contribution in [1.29, 1.82) is 0 Å². The Bertz CT molecular complexity index is 840. The zero-order chi connectivity index (χ0) is 15.0. The van der Waals surface area contributed by atoms with E-state index >= 15 is 0 Å². The molecule has 0 atom stereocenters. The van der Waals surface area contributed by atoms with E-state index in [0.717, 1.165) is 44.7 Å². The number of pyridine rings is 1. The van der Waals surface area contributed by atoms with Gasteiger partial charge in [-0.25, -0.2) is 9.97 Å². The lowest BCUT2D eigenvalue weighted by molar-refractivity contribution is -0.114. The number of benzene rings is 1. The maximum atomic E-state index is 11.1. The molecule has 0 saturated heterocycles. The molecule has 0 saturated carbocycles. The van der Waals surface area contributed by atoms with Crippen LogP contribution < -0.4 is 11.1 Å². The molecule has 1 amide bonds. The Labute approximate surface area is 126 Å². The molecule has 108 valence electrons. The van der Waals surface area contributed by atoms with Crippen molar-refractivity contribution >= 4 is 49.9 Å². The second-order valence-electron chi connectivity index (χ2n) is 4.95. The van der Waals surface area contributed by atoms with Gasteiger partial charge in [-0.15, -0.1) is 11.3 Å². The van der Waals surface area contributed by atoms with Crippen LogP contribution >= 0.6 is 11.3 Å². The lowest BCUT2D eigenvalue weighted by atomic mass is 10.2. The number of nitrogen functional groups attached to an aromatic ring is 1. The van der Waals surface area contributed by atoms with Crippen LogP contribution in [0, 0.1) is 0 Å². The standard InChI is InChI=1S/C15H16N4OS/c1-3-4-12-19-13-14(21-12)10-6-5-9(17-8(2)20)7-11(10)18-15(13)16/h5-7H,3-4H2,1-2H3,(H2,16,18)(H,17,20). The van der Waals surface area contributed by atoms with Crippen molar-refractivity contribution in [3.05, 3.63) is 23.2 Å². The molecule has 0 aliphatic rings. The number of anilines is 2. The summed E-state index contributed by atoms with van der Waals surface area (Å²) in [6.45, 7) is 3.61. The van der Waals surface area contributed by atoms with Crippen molar-refractivity contribution < 1.29 is 4.79 Å². The number of carbonyl (C=O) groups excluding carboxylic acids is 1. The van der Waals surface area contributed by atoms with Crippen molar-refractivity contribution in [3.8, 4) is 0 Å². The average molecular weight is 300 g/mol. The zero-order valence-electron chi connectivity index (χ0n) is 11.9. The number of nitrogens with two attached hydrogens (primary N) is 1. The molecule has 3 N–H and O–H groups in total. The first-order valence-corrected chi connectivity index (χ1v) is 7.66. The molecule has 0 bridgehead atoms. The van der Waals surface area contributed by atoms with Crippen LogP contribution in [0.4, 0.5) is 11.5 Å². The molecule has 6 heteroatoms. The SMILES string of the molecule is CCCc1nc2c(N)nc3cc(NC(C)=O)ccc3c2s1. The summed E-state index contributed by atoms with van der Waals surface area (Å²) in [5.74, 6) is 0.336. The summed E-state index contributed by atoms with van der Waals surface area (Å²) in [7, 11) is 0. The number of hydrogen-bond acceptors (Lipinski definition) is 5. The van der Waals surface area contributed by atoms with Gasteiger partial charge in [0, 0.05) is 18.0 Å². The van der Waals surface area contributed by atoms with E-state index in [9.17, 15) is 4.79 Å². The Balaban J connectivity index is 2.21. The summed E-state index contributed by atoms with van der Waals surface area (Å²) in [5.41, 5.74) is 8.31. The minimum absolute atomic E-state index is 0.105. The number of rotatable bonds is 3. The van der Waals surface area contributed by atoms with E-state index in [4.69, 9.17) is 5.73 Å². The monoisotopic (exact) mass is 300 g/mol. The predicted molar refractivity (Wildman–Crippen MR) is 87.6 cm³/mol. The lowest BCUT2D eigenvalue weighted by Gasteiger charge is -2.05. The molecule has 1 aromatic carbocycles. The zero-order valence-corrected chi connectivity index (χ0v) is 12.8. The fourth-order valence-electron chi connectivity index (χ4n) is 2.32. The fraction of sp³-hybridized carbons (Fsp3) is 0.267. The van der Waals surface area contributed by atoms with Gasteiger partial charge < -0.3 is 11.1 Å². The highest BCUT2D eigenvalue weighted by atomic mass is 32.1. The largest absolute Gasteiger partial charge is 0.382 e. The second kappa shape index (κ2) is 5.29. The van der Waals surface area contributed by atoms with Gasteiger partial charge in [-0.05, 0) is 31.0 Å². The summed E-state index contributed by atoms with van der Waals surface area (Å²) in [5, 5.41) is 4.86. The number of hydrogen-bond donors (Lipinski definition) is 2. The molecular weight excluding hydrogens is 284 g/mol. The first-order chi connectivity index (χ1) is 10.1. The molecule has 0 spiro atoms. The van der Waals surface area contributed by atoms with Crippen molar-refractivity contribution in [1.82, 2.24) is 9.97 Å². The number of thiazole rings is 1. The molecule has 0 aliphatic heterocycles. The van der Waals surface area contributed by atoms with Crippen LogP contribution in [-0.4, -0.2) is 15.9 Å². The minimum atomic E-state index is -0.105. The van der Waals surface area contributed by atoms with Gasteiger partial charge in [0.2, 0.25) is 5.91 Å². The smallest absolute Gasteiger partial charge is 0.221 e. The molecule has 0 fully saturated rings. The van der Waals surface area contributed by atoms with Gasteiger partial charge in [0.15, 0.2) is 5.82 Å². The van der Waals surface area contributed by atoms with E-state index in [1.54, 1.807) is 11.3 Å². The highest BCUT2D eigenvalue weighted by molar-refractivity contribution is 7.19. The van der Waals surface area contributed by atoms with E-state index in [2.05, 4.69) is 22.2 Å². The summed E-state index contributed by atoms with van der Waals surface area (Å²) in [6, 6.07) is 5.68. The highest BCUT2D eigenvalue weighted by Gasteiger charge is 2.12. The number of aryl methyl sites for hydroxylation is 1. The molecule has 2 heterocycles. The minimum Gasteiger partial charge on any atom is -0.382 e. The maximum Gasteiger partial charge on any atom is 0.221 e. The summed E-state index contributed by atoms with van der Waals surface area (Å²) in [4.78, 5) is 20.1. The Kier molecular flexibility index (Phi) is 3.47. The third-order valence-electron chi connectivity index (χ3n) is 3.18. The van der Waals surface area contributed by atoms with Crippen LogP contribution in [0.2, 0.25) is 0 Å². The molecule has 0 radical (unpaired) electrons. The van der Waals surface area contributed by atoms with Crippen molar-refractivity contribution in [2.24, 2.45) is 0 Å².